The minimum Gasteiger partial charge on any atom is -0.505 e. The summed E-state index contributed by atoms with van der Waals surface area (Å²) >= 11 is 11.5. The average Bonchev–Trinajstić information content (AvgIpc) is 3.27. The number of rotatable bonds is 5. The predicted octanol–water partition coefficient (Wildman–Crippen LogP) is 4.46. The Morgan fingerprint density at radius 3 is 2.53 bits per heavy atom. The van der Waals surface area contributed by atoms with E-state index >= 15 is 0 Å². The molecule has 2 aromatic heterocycles. The van der Waals surface area contributed by atoms with Crippen LogP contribution in [0, 0.1) is 0 Å². The van der Waals surface area contributed by atoms with Gasteiger partial charge in [0.2, 0.25) is 0 Å². The third-order valence-electron chi connectivity index (χ3n) is 4.96. The van der Waals surface area contributed by atoms with Crippen molar-refractivity contribution >= 4 is 52.3 Å². The fraction of sp³-hybridized carbons (Fsp3) is 0.182. The Balaban J connectivity index is 1.70. The number of aromatic hydroxyl groups is 1. The zero-order valence-electron chi connectivity index (χ0n) is 16.5. The number of fused-ring (bicyclic) bond motifs is 1. The molecule has 4 rings (SSSR count). The van der Waals surface area contributed by atoms with Crippen molar-refractivity contribution in [2.75, 3.05) is 18.0 Å². The van der Waals surface area contributed by atoms with Gasteiger partial charge in [-0.3, -0.25) is 9.20 Å². The van der Waals surface area contributed by atoms with Crippen molar-refractivity contribution in [3.8, 4) is 17.0 Å². The van der Waals surface area contributed by atoms with E-state index in [0.29, 0.717) is 20.0 Å². The van der Waals surface area contributed by atoms with Crippen LogP contribution >= 0.6 is 35.6 Å². The number of thiol groups is 1. The van der Waals surface area contributed by atoms with Gasteiger partial charge in [-0.25, -0.2) is 4.98 Å². The predicted molar refractivity (Wildman–Crippen MR) is 127 cm³/mol. The molecule has 2 aromatic carbocycles. The molecule has 0 atom stereocenters. The van der Waals surface area contributed by atoms with Gasteiger partial charge in [-0.15, -0.1) is 12.6 Å². The molecule has 5 nitrogen and oxygen atoms in total. The molecule has 0 aliphatic heterocycles. The standard InChI is InChI=1S/C22H20ClN3O2S2/c1-3-25(4-2)15-7-5-14(6-8-15)17-12-26-21(28)19(30-22(26)24-17)11-13-9-16(23)20(27)18(29)10-13/h5-12,27,29H,3-4H2,1-2H3/b19-11-. The van der Waals surface area contributed by atoms with Crippen LogP contribution in [0.25, 0.3) is 22.3 Å². The first-order chi connectivity index (χ1) is 14.4. The van der Waals surface area contributed by atoms with E-state index in [1.54, 1.807) is 28.8 Å². The number of nitrogens with zero attached hydrogens (tertiary/aromatic N) is 3. The lowest BCUT2D eigenvalue weighted by Gasteiger charge is -2.20. The molecular weight excluding hydrogens is 438 g/mol. The van der Waals surface area contributed by atoms with Gasteiger partial charge in [-0.05, 0) is 49.8 Å². The number of anilines is 1. The number of halogens is 1. The molecule has 0 saturated heterocycles. The molecule has 0 aliphatic carbocycles. The smallest absolute Gasteiger partial charge is 0.274 e. The first-order valence-electron chi connectivity index (χ1n) is 9.51. The summed E-state index contributed by atoms with van der Waals surface area (Å²) in [5.74, 6) is -0.0721. The minimum absolute atomic E-state index is 0.0721. The maximum Gasteiger partial charge on any atom is 0.274 e. The Bertz CT molecular complexity index is 1300. The summed E-state index contributed by atoms with van der Waals surface area (Å²) in [5.41, 5.74) is 3.45. The van der Waals surface area contributed by atoms with Crippen molar-refractivity contribution in [3.05, 3.63) is 68.1 Å². The molecule has 0 fully saturated rings. The van der Waals surface area contributed by atoms with E-state index in [9.17, 15) is 9.90 Å². The Labute approximate surface area is 188 Å². The third kappa shape index (κ3) is 3.80. The topological polar surface area (TPSA) is 57.8 Å². The lowest BCUT2D eigenvalue weighted by atomic mass is 10.1. The highest BCUT2D eigenvalue weighted by molar-refractivity contribution is 7.80. The number of imidazole rings is 1. The van der Waals surface area contributed by atoms with Crippen LogP contribution in [0.15, 0.2) is 52.3 Å². The van der Waals surface area contributed by atoms with E-state index in [-0.39, 0.29) is 16.3 Å². The summed E-state index contributed by atoms with van der Waals surface area (Å²) in [6.45, 7) is 6.18. The molecule has 154 valence electrons. The van der Waals surface area contributed by atoms with Gasteiger partial charge < -0.3 is 10.0 Å². The summed E-state index contributed by atoms with van der Waals surface area (Å²) in [6, 6.07) is 11.5. The number of hydrogen-bond acceptors (Lipinski definition) is 6. The Morgan fingerprint density at radius 2 is 1.93 bits per heavy atom. The van der Waals surface area contributed by atoms with Crippen molar-refractivity contribution in [2.45, 2.75) is 18.7 Å². The van der Waals surface area contributed by atoms with Crippen molar-refractivity contribution in [1.29, 1.82) is 0 Å². The normalized spacial score (nSPS) is 12.1. The molecule has 0 aliphatic rings. The molecule has 30 heavy (non-hydrogen) atoms. The Kier molecular flexibility index (Phi) is 5.77. The zero-order chi connectivity index (χ0) is 21.4. The van der Waals surface area contributed by atoms with Crippen LogP contribution in [0.1, 0.15) is 19.4 Å². The summed E-state index contributed by atoms with van der Waals surface area (Å²) < 4.78 is 2.10. The quantitative estimate of drug-likeness (QED) is 0.434. The van der Waals surface area contributed by atoms with Crippen LogP contribution in [0.4, 0.5) is 5.69 Å². The molecule has 0 amide bonds. The van der Waals surface area contributed by atoms with Gasteiger partial charge in [0.15, 0.2) is 4.96 Å². The van der Waals surface area contributed by atoms with E-state index in [1.807, 2.05) is 12.1 Å². The summed E-state index contributed by atoms with van der Waals surface area (Å²) in [4.78, 5) is 20.7. The number of hydrogen-bond donors (Lipinski definition) is 2. The highest BCUT2D eigenvalue weighted by atomic mass is 35.5. The van der Waals surface area contributed by atoms with E-state index < -0.39 is 0 Å². The van der Waals surface area contributed by atoms with Gasteiger partial charge >= 0.3 is 0 Å². The maximum atomic E-state index is 12.8. The first-order valence-corrected chi connectivity index (χ1v) is 11.2. The van der Waals surface area contributed by atoms with Gasteiger partial charge in [0.25, 0.3) is 5.56 Å². The second-order valence-electron chi connectivity index (χ2n) is 6.78. The SMILES string of the molecule is CCN(CC)c1ccc(-c2cn3c(=O)/c(=C/c4cc(S)c(O)c(Cl)c4)sc3n2)cc1. The summed E-state index contributed by atoms with van der Waals surface area (Å²) in [5, 5.41) is 9.94. The first kappa shape index (κ1) is 20.8. The van der Waals surface area contributed by atoms with E-state index in [1.165, 1.54) is 17.0 Å². The van der Waals surface area contributed by atoms with Crippen LogP contribution < -0.4 is 15.0 Å². The number of phenols is 1. The van der Waals surface area contributed by atoms with E-state index in [4.69, 9.17) is 11.6 Å². The summed E-state index contributed by atoms with van der Waals surface area (Å²) in [7, 11) is 0. The van der Waals surface area contributed by atoms with Crippen LogP contribution in [0.5, 0.6) is 5.75 Å². The molecule has 1 N–H and O–H groups in total. The molecule has 0 unspecified atom stereocenters. The molecule has 4 aromatic rings. The second kappa shape index (κ2) is 8.34. The zero-order valence-corrected chi connectivity index (χ0v) is 18.9. The minimum atomic E-state index is -0.140. The van der Waals surface area contributed by atoms with E-state index in [0.717, 1.165) is 24.3 Å². The van der Waals surface area contributed by atoms with Crippen molar-refractivity contribution in [3.63, 3.8) is 0 Å². The molecule has 0 radical (unpaired) electrons. The lowest BCUT2D eigenvalue weighted by Crippen LogP contribution is -2.22. The van der Waals surface area contributed by atoms with Crippen molar-refractivity contribution in [2.24, 2.45) is 0 Å². The van der Waals surface area contributed by atoms with Crippen molar-refractivity contribution in [1.82, 2.24) is 9.38 Å². The lowest BCUT2D eigenvalue weighted by molar-refractivity contribution is 0.463. The van der Waals surface area contributed by atoms with Crippen LogP contribution in [0.3, 0.4) is 0 Å². The van der Waals surface area contributed by atoms with Crippen LogP contribution in [-0.2, 0) is 0 Å². The second-order valence-corrected chi connectivity index (χ2v) is 8.68. The number of aromatic nitrogens is 2. The van der Waals surface area contributed by atoms with Crippen LogP contribution in [-0.4, -0.2) is 27.6 Å². The average molecular weight is 458 g/mol. The number of phenolic OH excluding ortho intramolecular Hbond substituents is 1. The van der Waals surface area contributed by atoms with Gasteiger partial charge in [0, 0.05) is 35.4 Å². The molecular formula is C22H20ClN3O2S2. The van der Waals surface area contributed by atoms with Gasteiger partial charge in [-0.2, -0.15) is 0 Å². The van der Waals surface area contributed by atoms with Crippen molar-refractivity contribution < 1.29 is 5.11 Å². The molecule has 8 heteroatoms. The van der Waals surface area contributed by atoms with Gasteiger partial charge in [0.05, 0.1) is 15.2 Å². The van der Waals surface area contributed by atoms with Gasteiger partial charge in [0.1, 0.15) is 5.75 Å². The van der Waals surface area contributed by atoms with Crippen LogP contribution in [0.2, 0.25) is 5.02 Å². The summed E-state index contributed by atoms with van der Waals surface area (Å²) in [6.07, 6.45) is 3.50. The fourth-order valence-electron chi connectivity index (χ4n) is 3.34. The molecule has 0 spiro atoms. The molecule has 0 saturated carbocycles. The maximum absolute atomic E-state index is 12.8. The number of benzene rings is 2. The fourth-order valence-corrected chi connectivity index (χ4v) is 4.86. The highest BCUT2D eigenvalue weighted by Gasteiger charge is 2.11. The Morgan fingerprint density at radius 1 is 1.23 bits per heavy atom. The van der Waals surface area contributed by atoms with Gasteiger partial charge in [-0.1, -0.05) is 35.1 Å². The number of thiazole rings is 1. The third-order valence-corrected chi connectivity index (χ3v) is 6.57. The monoisotopic (exact) mass is 457 g/mol. The molecule has 2 heterocycles. The Hall–Kier alpha value is -2.48. The largest absolute Gasteiger partial charge is 0.505 e. The highest BCUT2D eigenvalue weighted by Crippen LogP contribution is 2.31. The van der Waals surface area contributed by atoms with E-state index in [2.05, 4.69) is 48.5 Å². The molecule has 0 bridgehead atoms.